The molecule has 4 aromatic carbocycles. The lowest BCUT2D eigenvalue weighted by Gasteiger charge is -2.11. The third-order valence-electron chi connectivity index (χ3n) is 8.56. The van der Waals surface area contributed by atoms with Crippen molar-refractivity contribution >= 4 is 55.6 Å². The summed E-state index contributed by atoms with van der Waals surface area (Å²) in [5.41, 5.74) is 9.40. The lowest BCUT2D eigenvalue weighted by molar-refractivity contribution is -0.136. The average molecular weight is 591 g/mol. The molecule has 0 atom stereocenters. The van der Waals surface area contributed by atoms with Crippen molar-refractivity contribution in [3.05, 3.63) is 113 Å². The van der Waals surface area contributed by atoms with Crippen LogP contribution in [-0.2, 0) is 22.4 Å². The number of carboxylic acid groups (broad SMARTS) is 1. The number of fused-ring (bicyclic) bond motifs is 4. The van der Waals surface area contributed by atoms with Gasteiger partial charge < -0.3 is 13.9 Å². The van der Waals surface area contributed by atoms with Gasteiger partial charge in [-0.05, 0) is 106 Å². The predicted octanol–water partition coefficient (Wildman–Crippen LogP) is 7.50. The molecule has 6 rings (SSSR count). The highest BCUT2D eigenvalue weighted by atomic mass is 16.4. The Labute approximate surface area is 253 Å². The van der Waals surface area contributed by atoms with E-state index in [4.69, 9.17) is 13.9 Å². The zero-order valence-electron chi connectivity index (χ0n) is 25.9. The van der Waals surface area contributed by atoms with Gasteiger partial charge in [0.25, 0.3) is 0 Å². The number of benzene rings is 4. The van der Waals surface area contributed by atoms with Crippen LogP contribution in [0.25, 0.3) is 43.9 Å². The predicted molar refractivity (Wildman–Crippen MR) is 174 cm³/mol. The largest absolute Gasteiger partial charge is 0.481 e. The number of para-hydroxylation sites is 2. The van der Waals surface area contributed by atoms with Gasteiger partial charge in [0.2, 0.25) is 10.9 Å². The van der Waals surface area contributed by atoms with Crippen molar-refractivity contribution in [3.8, 4) is 0 Å². The lowest BCUT2D eigenvalue weighted by Crippen LogP contribution is -2.07. The molecule has 0 aliphatic rings. The molecule has 0 aliphatic heterocycles. The number of aliphatic carboxylic acids is 1. The molecule has 1 N–H and O–H groups in total. The third-order valence-corrected chi connectivity index (χ3v) is 8.56. The maximum atomic E-state index is 12.8. The van der Waals surface area contributed by atoms with Crippen molar-refractivity contribution in [2.75, 3.05) is 0 Å². The van der Waals surface area contributed by atoms with Gasteiger partial charge in [-0.2, -0.15) is 0 Å². The summed E-state index contributed by atoms with van der Waals surface area (Å²) in [7, 11) is 0. The summed E-state index contributed by atoms with van der Waals surface area (Å²) in [4.78, 5) is 48.0. The molecule has 0 radical (unpaired) electrons. The first-order valence-corrected chi connectivity index (χ1v) is 14.4. The summed E-state index contributed by atoms with van der Waals surface area (Å²) >= 11 is 0. The number of carbonyl (C=O) groups excluding carboxylic acids is 1. The molecule has 2 heterocycles. The summed E-state index contributed by atoms with van der Waals surface area (Å²) in [6, 6.07) is 14.2. The molecule has 0 amide bonds. The van der Waals surface area contributed by atoms with Crippen LogP contribution in [0.2, 0.25) is 0 Å². The molecule has 0 saturated carbocycles. The van der Waals surface area contributed by atoms with Crippen molar-refractivity contribution in [1.29, 1.82) is 0 Å². The van der Waals surface area contributed by atoms with E-state index in [-0.39, 0.29) is 29.5 Å². The van der Waals surface area contributed by atoms with Gasteiger partial charge in [-0.1, -0.05) is 24.3 Å². The smallest absolute Gasteiger partial charge is 0.307 e. The van der Waals surface area contributed by atoms with Gasteiger partial charge in [0.05, 0.1) is 28.0 Å². The maximum absolute atomic E-state index is 12.8. The minimum absolute atomic E-state index is 0.0344. The first-order valence-electron chi connectivity index (χ1n) is 14.4. The molecule has 0 bridgehead atoms. The van der Waals surface area contributed by atoms with Gasteiger partial charge in [-0.25, -0.2) is 0 Å². The number of carboxylic acids is 1. The SMILES string of the molecule is CC(=O)Cc1cccc2c(=O)c3cc(C)c(C)c(C)c3oc12.Cc1cc2c(=O)c3cccc(CC(=O)O)c3oc2c(C)c1C. The van der Waals surface area contributed by atoms with Gasteiger partial charge in [-0.3, -0.25) is 19.2 Å². The van der Waals surface area contributed by atoms with Gasteiger partial charge >= 0.3 is 5.97 Å². The Balaban J connectivity index is 0.000000175. The average Bonchev–Trinajstić information content (AvgIpc) is 2.97. The Morgan fingerprint density at radius 1 is 0.591 bits per heavy atom. The van der Waals surface area contributed by atoms with E-state index in [9.17, 15) is 19.2 Å². The molecular formula is C37H34O7. The molecule has 0 spiro atoms. The minimum atomic E-state index is -0.952. The Bertz CT molecular complexity index is 2120. The Kier molecular flexibility index (Phi) is 8.00. The van der Waals surface area contributed by atoms with E-state index in [1.54, 1.807) is 30.3 Å². The number of Topliss-reactive ketones (excluding diaryl/α,β-unsaturated/α-hetero) is 1. The van der Waals surface area contributed by atoms with Crippen LogP contribution in [0.4, 0.5) is 0 Å². The Hall–Kier alpha value is -5.04. The highest BCUT2D eigenvalue weighted by Crippen LogP contribution is 2.29. The summed E-state index contributed by atoms with van der Waals surface area (Å²) in [5, 5.41) is 11.1. The fourth-order valence-electron chi connectivity index (χ4n) is 5.69. The summed E-state index contributed by atoms with van der Waals surface area (Å²) < 4.78 is 12.0. The monoisotopic (exact) mass is 590 g/mol. The van der Waals surface area contributed by atoms with E-state index in [1.165, 1.54) is 6.92 Å². The molecule has 0 aliphatic carbocycles. The van der Waals surface area contributed by atoms with E-state index in [0.717, 1.165) is 38.9 Å². The third kappa shape index (κ3) is 5.30. The fraction of sp³-hybridized carbons (Fsp3) is 0.243. The van der Waals surface area contributed by atoms with E-state index < -0.39 is 5.97 Å². The first kappa shape index (κ1) is 30.4. The standard InChI is InChI=1S/C19H18O3.C18H16O4/c1-10-8-16-17(21)15-7-5-6-14(9-11(2)20)19(15)22-18(16)13(4)12(10)3;1-9-7-14-16(21)13-6-4-5-12(8-15(19)20)18(13)22-17(14)11(3)10(9)2/h5-8H,9H2,1-4H3;4-7H,8H2,1-3H3,(H,19,20). The lowest BCUT2D eigenvalue weighted by atomic mass is 9.98. The molecule has 6 aromatic rings. The summed E-state index contributed by atoms with van der Waals surface area (Å²) in [6.45, 7) is 13.4. The van der Waals surface area contributed by atoms with Gasteiger partial charge in [-0.15, -0.1) is 0 Å². The molecule has 224 valence electrons. The molecule has 0 unspecified atom stereocenters. The second-order valence-corrected chi connectivity index (χ2v) is 11.5. The van der Waals surface area contributed by atoms with Crippen LogP contribution in [-0.4, -0.2) is 16.9 Å². The molecule has 0 saturated heterocycles. The number of hydrogen-bond acceptors (Lipinski definition) is 6. The molecule has 0 fully saturated rings. The summed E-state index contributed by atoms with van der Waals surface area (Å²) in [6.07, 6.45) is 0.103. The number of hydrogen-bond donors (Lipinski definition) is 1. The van der Waals surface area contributed by atoms with E-state index >= 15 is 0 Å². The Morgan fingerprint density at radius 2 is 1.00 bits per heavy atom. The van der Waals surface area contributed by atoms with Crippen molar-refractivity contribution in [1.82, 2.24) is 0 Å². The Morgan fingerprint density at radius 3 is 1.39 bits per heavy atom. The van der Waals surface area contributed by atoms with Crippen LogP contribution < -0.4 is 10.9 Å². The first-order chi connectivity index (χ1) is 20.8. The second kappa shape index (κ2) is 11.6. The maximum Gasteiger partial charge on any atom is 0.307 e. The van der Waals surface area contributed by atoms with Crippen LogP contribution in [0.3, 0.4) is 0 Å². The van der Waals surface area contributed by atoms with Crippen LogP contribution in [0.1, 0.15) is 51.4 Å². The van der Waals surface area contributed by atoms with Crippen molar-refractivity contribution in [2.45, 2.75) is 61.3 Å². The second-order valence-electron chi connectivity index (χ2n) is 11.5. The van der Waals surface area contributed by atoms with Crippen molar-refractivity contribution < 1.29 is 23.5 Å². The molecular weight excluding hydrogens is 556 g/mol. The molecule has 7 nitrogen and oxygen atoms in total. The van der Waals surface area contributed by atoms with Gasteiger partial charge in [0.1, 0.15) is 28.1 Å². The minimum Gasteiger partial charge on any atom is -0.481 e. The topological polar surface area (TPSA) is 115 Å². The number of rotatable bonds is 4. The quantitative estimate of drug-likeness (QED) is 0.211. The molecule has 2 aromatic heterocycles. The number of ketones is 1. The highest BCUT2D eigenvalue weighted by molar-refractivity contribution is 5.95. The number of aryl methyl sites for hydroxylation is 4. The number of carbonyl (C=O) groups is 2. The molecule has 7 heteroatoms. The van der Waals surface area contributed by atoms with E-state index in [1.807, 2.05) is 59.7 Å². The van der Waals surface area contributed by atoms with Crippen LogP contribution in [0, 0.1) is 41.5 Å². The van der Waals surface area contributed by atoms with Crippen molar-refractivity contribution in [3.63, 3.8) is 0 Å². The van der Waals surface area contributed by atoms with Crippen molar-refractivity contribution in [2.24, 2.45) is 0 Å². The van der Waals surface area contributed by atoms with Crippen LogP contribution in [0.5, 0.6) is 0 Å². The van der Waals surface area contributed by atoms with Gasteiger partial charge in [0, 0.05) is 17.5 Å². The summed E-state index contributed by atoms with van der Waals surface area (Å²) in [5.74, 6) is -0.904. The van der Waals surface area contributed by atoms with E-state index in [2.05, 4.69) is 0 Å². The zero-order valence-corrected chi connectivity index (χ0v) is 25.9. The van der Waals surface area contributed by atoms with Crippen LogP contribution >= 0.6 is 0 Å². The van der Waals surface area contributed by atoms with Gasteiger partial charge in [0.15, 0.2) is 0 Å². The fourth-order valence-corrected chi connectivity index (χ4v) is 5.69. The zero-order chi connectivity index (χ0) is 32.0. The van der Waals surface area contributed by atoms with Crippen LogP contribution in [0.15, 0.2) is 67.0 Å². The highest BCUT2D eigenvalue weighted by Gasteiger charge is 2.17. The van der Waals surface area contributed by atoms with E-state index in [0.29, 0.717) is 49.4 Å². The normalized spacial score (nSPS) is 11.2. The molecule has 44 heavy (non-hydrogen) atoms.